The van der Waals surface area contributed by atoms with Gasteiger partial charge < -0.3 is 5.73 Å². The molecule has 0 radical (unpaired) electrons. The molecule has 1 aromatic rings. The number of sulfonamides is 1. The number of rotatable bonds is 4. The summed E-state index contributed by atoms with van der Waals surface area (Å²) < 4.78 is 27.7. The van der Waals surface area contributed by atoms with Crippen LogP contribution in [0.15, 0.2) is 15.7 Å². The standard InChI is InChI=1S/C13H20N2O2S2/c1-8(12-5-9-2-3-10(12)4-9)15-19(16,17)13-6-11(14)7-18-13/h6-10,12,15H,2-5,14H2,1H3. The summed E-state index contributed by atoms with van der Waals surface area (Å²) >= 11 is 1.18. The number of nitrogen functional groups attached to an aromatic ring is 1. The quantitative estimate of drug-likeness (QED) is 0.897. The molecule has 0 aromatic carbocycles. The smallest absolute Gasteiger partial charge is 0.250 e. The second-order valence-electron chi connectivity index (χ2n) is 5.95. The number of nitrogens with two attached hydrogens (primary N) is 1. The van der Waals surface area contributed by atoms with Gasteiger partial charge in [-0.15, -0.1) is 11.3 Å². The van der Waals surface area contributed by atoms with Crippen molar-refractivity contribution < 1.29 is 8.42 Å². The average Bonchev–Trinajstić information content (AvgIpc) is 3.02. The maximum absolute atomic E-state index is 12.3. The largest absolute Gasteiger partial charge is 0.398 e. The number of hydrogen-bond donors (Lipinski definition) is 2. The molecule has 0 saturated heterocycles. The van der Waals surface area contributed by atoms with E-state index in [9.17, 15) is 8.42 Å². The first-order valence-corrected chi connectivity index (χ1v) is 9.18. The summed E-state index contributed by atoms with van der Waals surface area (Å²) in [6, 6.07) is 1.55. The van der Waals surface area contributed by atoms with Crippen LogP contribution in [0.2, 0.25) is 0 Å². The lowest BCUT2D eigenvalue weighted by Crippen LogP contribution is -2.39. The van der Waals surface area contributed by atoms with Crippen LogP contribution in [0, 0.1) is 17.8 Å². The van der Waals surface area contributed by atoms with Crippen molar-refractivity contribution in [1.82, 2.24) is 4.72 Å². The summed E-state index contributed by atoms with van der Waals surface area (Å²) in [6.07, 6.45) is 5.08. The number of nitrogens with one attached hydrogen (secondary N) is 1. The van der Waals surface area contributed by atoms with Crippen molar-refractivity contribution in [3.63, 3.8) is 0 Å². The summed E-state index contributed by atoms with van der Waals surface area (Å²) in [5, 5.41) is 1.66. The predicted octanol–water partition coefficient (Wildman–Crippen LogP) is 2.43. The van der Waals surface area contributed by atoms with Crippen LogP contribution >= 0.6 is 11.3 Å². The summed E-state index contributed by atoms with van der Waals surface area (Å²) in [5.74, 6) is 2.06. The van der Waals surface area contributed by atoms with Gasteiger partial charge in [-0.05, 0) is 50.0 Å². The molecular weight excluding hydrogens is 280 g/mol. The minimum absolute atomic E-state index is 0.0172. The van der Waals surface area contributed by atoms with Gasteiger partial charge in [0.2, 0.25) is 10.0 Å². The highest BCUT2D eigenvalue weighted by Crippen LogP contribution is 2.49. The number of fused-ring (bicyclic) bond motifs is 2. The molecule has 4 atom stereocenters. The van der Waals surface area contributed by atoms with Crippen molar-refractivity contribution >= 4 is 27.0 Å². The molecule has 2 aliphatic carbocycles. The van der Waals surface area contributed by atoms with Gasteiger partial charge in [-0.25, -0.2) is 13.1 Å². The fraction of sp³-hybridized carbons (Fsp3) is 0.692. The monoisotopic (exact) mass is 300 g/mol. The molecule has 0 aliphatic heterocycles. The lowest BCUT2D eigenvalue weighted by Gasteiger charge is -2.28. The van der Waals surface area contributed by atoms with Gasteiger partial charge in [0.1, 0.15) is 4.21 Å². The molecule has 0 spiro atoms. The van der Waals surface area contributed by atoms with E-state index in [4.69, 9.17) is 5.73 Å². The SMILES string of the molecule is CC(NS(=O)(=O)c1cc(N)cs1)C1CC2CCC1C2. The molecule has 1 aromatic heterocycles. The van der Waals surface area contributed by atoms with E-state index >= 15 is 0 Å². The van der Waals surface area contributed by atoms with Gasteiger partial charge >= 0.3 is 0 Å². The van der Waals surface area contributed by atoms with Gasteiger partial charge in [0.15, 0.2) is 0 Å². The third-order valence-electron chi connectivity index (χ3n) is 4.64. The minimum Gasteiger partial charge on any atom is -0.398 e. The Morgan fingerprint density at radius 3 is 2.74 bits per heavy atom. The highest BCUT2D eigenvalue weighted by Gasteiger charge is 2.42. The Kier molecular flexibility index (Phi) is 3.35. The summed E-state index contributed by atoms with van der Waals surface area (Å²) in [7, 11) is -3.40. The van der Waals surface area contributed by atoms with E-state index in [0.717, 1.165) is 11.8 Å². The van der Waals surface area contributed by atoms with E-state index in [0.29, 0.717) is 15.8 Å². The lowest BCUT2D eigenvalue weighted by molar-refractivity contribution is 0.280. The van der Waals surface area contributed by atoms with Gasteiger partial charge in [-0.2, -0.15) is 0 Å². The first kappa shape index (κ1) is 13.4. The Hall–Kier alpha value is -0.590. The summed E-state index contributed by atoms with van der Waals surface area (Å²) in [5.41, 5.74) is 6.11. The van der Waals surface area contributed by atoms with Crippen LogP contribution in [0.5, 0.6) is 0 Å². The molecule has 3 rings (SSSR count). The van der Waals surface area contributed by atoms with Crippen molar-refractivity contribution in [2.45, 2.75) is 42.9 Å². The molecule has 2 bridgehead atoms. The molecule has 0 amide bonds. The van der Waals surface area contributed by atoms with Gasteiger partial charge in [0.25, 0.3) is 0 Å². The Morgan fingerprint density at radius 2 is 2.21 bits per heavy atom. The molecule has 3 N–H and O–H groups in total. The van der Waals surface area contributed by atoms with E-state index in [2.05, 4.69) is 4.72 Å². The first-order valence-electron chi connectivity index (χ1n) is 6.82. The van der Waals surface area contributed by atoms with Crippen molar-refractivity contribution in [3.8, 4) is 0 Å². The number of thiophene rings is 1. The molecule has 2 saturated carbocycles. The van der Waals surface area contributed by atoms with Crippen molar-refractivity contribution in [1.29, 1.82) is 0 Å². The Labute approximate surface area is 118 Å². The van der Waals surface area contributed by atoms with Crippen LogP contribution in [-0.4, -0.2) is 14.5 Å². The molecule has 19 heavy (non-hydrogen) atoms. The molecule has 2 fully saturated rings. The zero-order valence-corrected chi connectivity index (χ0v) is 12.6. The molecular formula is C13H20N2O2S2. The maximum atomic E-state index is 12.3. The number of hydrogen-bond acceptors (Lipinski definition) is 4. The van der Waals surface area contributed by atoms with Crippen LogP contribution in [-0.2, 0) is 10.0 Å². The predicted molar refractivity (Wildman–Crippen MR) is 77.5 cm³/mol. The molecule has 6 heteroatoms. The van der Waals surface area contributed by atoms with E-state index in [1.807, 2.05) is 6.92 Å². The second kappa shape index (κ2) is 4.75. The molecule has 4 unspecified atom stereocenters. The Morgan fingerprint density at radius 1 is 1.42 bits per heavy atom. The maximum Gasteiger partial charge on any atom is 0.250 e. The van der Waals surface area contributed by atoms with Gasteiger partial charge in [-0.1, -0.05) is 6.42 Å². The van der Waals surface area contributed by atoms with Crippen LogP contribution in [0.25, 0.3) is 0 Å². The molecule has 2 aliphatic rings. The Bertz CT molecular complexity index is 567. The first-order chi connectivity index (χ1) is 8.95. The topological polar surface area (TPSA) is 72.2 Å². The number of anilines is 1. The molecule has 1 heterocycles. The normalized spacial score (nSPS) is 31.7. The van der Waals surface area contributed by atoms with Crippen molar-refractivity contribution in [3.05, 3.63) is 11.4 Å². The minimum atomic E-state index is -3.40. The lowest BCUT2D eigenvalue weighted by atomic mass is 9.84. The van der Waals surface area contributed by atoms with Crippen LogP contribution in [0.1, 0.15) is 32.6 Å². The highest BCUT2D eigenvalue weighted by atomic mass is 32.2. The average molecular weight is 300 g/mol. The van der Waals surface area contributed by atoms with Crippen LogP contribution < -0.4 is 10.5 Å². The fourth-order valence-electron chi connectivity index (χ4n) is 3.77. The molecule has 106 valence electrons. The fourth-order valence-corrected chi connectivity index (χ4v) is 6.16. The highest BCUT2D eigenvalue weighted by molar-refractivity contribution is 7.91. The van der Waals surface area contributed by atoms with Crippen molar-refractivity contribution in [2.24, 2.45) is 17.8 Å². The third-order valence-corrected chi connectivity index (χ3v) is 7.65. The zero-order chi connectivity index (χ0) is 13.6. The summed E-state index contributed by atoms with van der Waals surface area (Å²) in [4.78, 5) is 0. The third kappa shape index (κ3) is 2.53. The van der Waals surface area contributed by atoms with Crippen LogP contribution in [0.3, 0.4) is 0 Å². The summed E-state index contributed by atoms with van der Waals surface area (Å²) in [6.45, 7) is 2.00. The van der Waals surface area contributed by atoms with Crippen LogP contribution in [0.4, 0.5) is 5.69 Å². The van der Waals surface area contributed by atoms with E-state index in [1.54, 1.807) is 5.38 Å². The van der Waals surface area contributed by atoms with E-state index in [1.165, 1.54) is 43.1 Å². The Balaban J connectivity index is 1.71. The van der Waals surface area contributed by atoms with Crippen molar-refractivity contribution in [2.75, 3.05) is 5.73 Å². The zero-order valence-electron chi connectivity index (χ0n) is 11.0. The van der Waals surface area contributed by atoms with Gasteiger partial charge in [0.05, 0.1) is 0 Å². The van der Waals surface area contributed by atoms with Gasteiger partial charge in [-0.3, -0.25) is 0 Å². The van der Waals surface area contributed by atoms with E-state index in [-0.39, 0.29) is 6.04 Å². The van der Waals surface area contributed by atoms with E-state index < -0.39 is 10.0 Å². The van der Waals surface area contributed by atoms with Gasteiger partial charge in [0, 0.05) is 17.1 Å². The molecule has 4 nitrogen and oxygen atoms in total. The second-order valence-corrected chi connectivity index (χ2v) is 8.80.